The molecule has 0 unspecified atom stereocenters. The summed E-state index contributed by atoms with van der Waals surface area (Å²) in [6, 6.07) is -0.0229. The third kappa shape index (κ3) is 1.69. The van der Waals surface area contributed by atoms with Gasteiger partial charge in [0.2, 0.25) is 5.91 Å². The van der Waals surface area contributed by atoms with E-state index in [0.29, 0.717) is 13.0 Å². The Morgan fingerprint density at radius 1 is 1.37 bits per heavy atom. The van der Waals surface area contributed by atoms with Gasteiger partial charge in [-0.25, -0.2) is 0 Å². The Hall–Kier alpha value is -0.900. The molecule has 0 radical (unpaired) electrons. The van der Waals surface area contributed by atoms with E-state index >= 15 is 0 Å². The van der Waals surface area contributed by atoms with Gasteiger partial charge in [0.25, 0.3) is 0 Å². The number of carbonyl (C=O) groups is 2. The van der Waals surface area contributed by atoms with Gasteiger partial charge in [-0.3, -0.25) is 9.59 Å². The van der Waals surface area contributed by atoms with Crippen molar-refractivity contribution in [3.63, 3.8) is 0 Å². The lowest BCUT2D eigenvalue weighted by Crippen LogP contribution is -2.50. The Kier molecular flexibility index (Phi) is 3.28. The van der Waals surface area contributed by atoms with Gasteiger partial charge < -0.3 is 10.1 Å². The van der Waals surface area contributed by atoms with Crippen LogP contribution < -0.4 is 5.32 Å². The Morgan fingerprint density at radius 3 is 2.42 bits per heavy atom. The zero-order chi connectivity index (χ0) is 14.5. The zero-order valence-electron chi connectivity index (χ0n) is 12.6. The van der Waals surface area contributed by atoms with Crippen LogP contribution in [0.2, 0.25) is 0 Å². The summed E-state index contributed by atoms with van der Waals surface area (Å²) < 4.78 is 5.06. The molecular weight excluding hydrogens is 242 g/mol. The highest BCUT2D eigenvalue weighted by atomic mass is 16.5. The lowest BCUT2D eigenvalue weighted by molar-refractivity contribution is -0.137. The van der Waals surface area contributed by atoms with Crippen LogP contribution in [0.3, 0.4) is 0 Å². The zero-order valence-corrected chi connectivity index (χ0v) is 12.6. The van der Waals surface area contributed by atoms with E-state index in [4.69, 9.17) is 4.74 Å². The number of nitrogens with one attached hydrogen (secondary N) is 1. The number of amides is 1. The number of Topliss-reactive ketones (excluding diaryl/α,β-unsaturated/α-hetero) is 1. The topological polar surface area (TPSA) is 55.4 Å². The van der Waals surface area contributed by atoms with E-state index in [1.54, 1.807) is 7.11 Å². The number of fused-ring (bicyclic) bond motifs is 2. The van der Waals surface area contributed by atoms with Gasteiger partial charge in [0.15, 0.2) is 0 Å². The first-order valence-corrected chi connectivity index (χ1v) is 7.04. The molecule has 0 aromatic rings. The second-order valence-corrected chi connectivity index (χ2v) is 6.97. The van der Waals surface area contributed by atoms with E-state index in [0.717, 1.165) is 12.8 Å². The normalized spacial score (nSPS) is 37.4. The second-order valence-electron chi connectivity index (χ2n) is 6.97. The lowest BCUT2D eigenvalue weighted by Gasteiger charge is -2.39. The monoisotopic (exact) mass is 267 g/mol. The van der Waals surface area contributed by atoms with Gasteiger partial charge in [0, 0.05) is 25.0 Å². The number of hydrogen-bond donors (Lipinski definition) is 1. The SMILES string of the molecule is COC[C@@H](C)NC(=O)[C@]12CC[C@](C)(C(=O)C1)C2(C)C. The molecule has 0 aliphatic heterocycles. The molecule has 0 heterocycles. The smallest absolute Gasteiger partial charge is 0.227 e. The van der Waals surface area contributed by atoms with Gasteiger partial charge in [-0.2, -0.15) is 0 Å². The van der Waals surface area contributed by atoms with Crippen LogP contribution in [-0.4, -0.2) is 31.4 Å². The molecule has 4 nitrogen and oxygen atoms in total. The summed E-state index contributed by atoms with van der Waals surface area (Å²) in [5.41, 5.74) is -1.14. The molecule has 1 N–H and O–H groups in total. The molecule has 2 saturated carbocycles. The van der Waals surface area contributed by atoms with E-state index < -0.39 is 5.41 Å². The van der Waals surface area contributed by atoms with Crippen molar-refractivity contribution >= 4 is 11.7 Å². The molecule has 2 aliphatic rings. The lowest BCUT2D eigenvalue weighted by atomic mass is 9.64. The molecule has 2 rings (SSSR count). The van der Waals surface area contributed by atoms with E-state index in [1.165, 1.54) is 0 Å². The van der Waals surface area contributed by atoms with Crippen LogP contribution in [0.4, 0.5) is 0 Å². The minimum absolute atomic E-state index is 0.0229. The minimum Gasteiger partial charge on any atom is -0.383 e. The van der Waals surface area contributed by atoms with Gasteiger partial charge in [-0.1, -0.05) is 20.8 Å². The molecule has 0 saturated heterocycles. The maximum atomic E-state index is 12.7. The largest absolute Gasteiger partial charge is 0.383 e. The standard InChI is InChI=1S/C15H25NO3/c1-10(9-19-5)16-12(18)15-7-6-14(4,11(17)8-15)13(15,2)3/h10H,6-9H2,1-5H3,(H,16,18)/t10-,14-,15+/m1/s1. The van der Waals surface area contributed by atoms with Crippen molar-refractivity contribution in [1.82, 2.24) is 5.32 Å². The highest BCUT2D eigenvalue weighted by Crippen LogP contribution is 2.70. The van der Waals surface area contributed by atoms with Crippen LogP contribution in [0, 0.1) is 16.2 Å². The van der Waals surface area contributed by atoms with E-state index in [-0.39, 0.29) is 28.6 Å². The highest BCUT2D eigenvalue weighted by molar-refractivity contribution is 5.99. The van der Waals surface area contributed by atoms with Crippen molar-refractivity contribution in [3.05, 3.63) is 0 Å². The van der Waals surface area contributed by atoms with Crippen LogP contribution in [0.15, 0.2) is 0 Å². The average molecular weight is 267 g/mol. The quantitative estimate of drug-likeness (QED) is 0.846. The molecule has 1 amide bonds. The summed E-state index contributed by atoms with van der Waals surface area (Å²) in [4.78, 5) is 25.0. The Bertz CT molecular complexity index is 418. The van der Waals surface area contributed by atoms with Crippen molar-refractivity contribution < 1.29 is 14.3 Å². The molecule has 108 valence electrons. The second kappa shape index (κ2) is 4.30. The predicted molar refractivity (Wildman–Crippen MR) is 72.7 cm³/mol. The Morgan fingerprint density at radius 2 is 2.00 bits per heavy atom. The summed E-state index contributed by atoms with van der Waals surface area (Å²) in [5.74, 6) is 0.273. The van der Waals surface area contributed by atoms with Crippen LogP contribution in [0.25, 0.3) is 0 Å². The fourth-order valence-electron chi connectivity index (χ4n) is 4.01. The summed E-state index contributed by atoms with van der Waals surface area (Å²) in [6.07, 6.45) is 2.03. The van der Waals surface area contributed by atoms with Crippen molar-refractivity contribution in [2.75, 3.05) is 13.7 Å². The molecule has 0 aromatic heterocycles. The number of carbonyl (C=O) groups excluding carboxylic acids is 2. The molecule has 2 bridgehead atoms. The first-order valence-electron chi connectivity index (χ1n) is 7.04. The van der Waals surface area contributed by atoms with E-state index in [1.807, 2.05) is 13.8 Å². The molecule has 0 aromatic carbocycles. The van der Waals surface area contributed by atoms with Gasteiger partial charge in [-0.05, 0) is 25.2 Å². The number of ketones is 1. The van der Waals surface area contributed by atoms with Crippen molar-refractivity contribution in [3.8, 4) is 0 Å². The summed E-state index contributed by atoms with van der Waals surface area (Å²) in [6.45, 7) is 8.59. The third-order valence-corrected chi connectivity index (χ3v) is 5.93. The molecular formula is C15H25NO3. The van der Waals surface area contributed by atoms with Crippen molar-refractivity contribution in [1.29, 1.82) is 0 Å². The van der Waals surface area contributed by atoms with Gasteiger partial charge in [-0.15, -0.1) is 0 Å². The van der Waals surface area contributed by atoms with Crippen LogP contribution >= 0.6 is 0 Å². The summed E-state index contributed by atoms with van der Waals surface area (Å²) in [7, 11) is 1.62. The van der Waals surface area contributed by atoms with Gasteiger partial charge in [0.1, 0.15) is 5.78 Å². The molecule has 4 heteroatoms. The van der Waals surface area contributed by atoms with Crippen molar-refractivity contribution in [2.24, 2.45) is 16.2 Å². The van der Waals surface area contributed by atoms with Crippen LogP contribution in [0.1, 0.15) is 47.0 Å². The molecule has 19 heavy (non-hydrogen) atoms. The van der Waals surface area contributed by atoms with Crippen LogP contribution in [-0.2, 0) is 14.3 Å². The molecule has 3 atom stereocenters. The van der Waals surface area contributed by atoms with Gasteiger partial charge in [0.05, 0.1) is 12.0 Å². The number of ether oxygens (including phenoxy) is 1. The number of hydrogen-bond acceptors (Lipinski definition) is 3. The highest BCUT2D eigenvalue weighted by Gasteiger charge is 2.72. The maximum Gasteiger partial charge on any atom is 0.227 e. The molecule has 0 spiro atoms. The Balaban J connectivity index is 2.24. The molecule has 2 fully saturated rings. The number of methoxy groups -OCH3 is 1. The summed E-state index contributed by atoms with van der Waals surface area (Å²) >= 11 is 0. The van der Waals surface area contributed by atoms with Gasteiger partial charge >= 0.3 is 0 Å². The van der Waals surface area contributed by atoms with Crippen molar-refractivity contribution in [2.45, 2.75) is 53.0 Å². The van der Waals surface area contributed by atoms with E-state index in [2.05, 4.69) is 19.2 Å². The first kappa shape index (κ1) is 14.5. The average Bonchev–Trinajstić information content (AvgIpc) is 2.59. The maximum absolute atomic E-state index is 12.7. The molecule has 2 aliphatic carbocycles. The summed E-state index contributed by atoms with van der Waals surface area (Å²) in [5, 5.41) is 3.02. The van der Waals surface area contributed by atoms with Crippen LogP contribution in [0.5, 0.6) is 0 Å². The fourth-order valence-corrected chi connectivity index (χ4v) is 4.01. The van der Waals surface area contributed by atoms with E-state index in [9.17, 15) is 9.59 Å². The fraction of sp³-hybridized carbons (Fsp3) is 0.867. The first-order chi connectivity index (χ1) is 8.71. The minimum atomic E-state index is -0.527. The Labute approximate surface area is 115 Å². The third-order valence-electron chi connectivity index (χ3n) is 5.93. The number of rotatable bonds is 4. The predicted octanol–water partition coefficient (Wildman–Crippen LogP) is 1.92.